The average molecular weight is 98.1 g/mol. The molecular weight excluding hydrogens is 88.1 g/mol. The summed E-state index contributed by atoms with van der Waals surface area (Å²) in [6, 6.07) is 0. The molecule has 0 heterocycles. The molecule has 0 aromatic heterocycles. The third kappa shape index (κ3) is 3.31. The summed E-state index contributed by atoms with van der Waals surface area (Å²) in [6.45, 7) is 5.44. The Morgan fingerprint density at radius 1 is 2.00 bits per heavy atom. The van der Waals surface area contributed by atoms with Crippen LogP contribution < -0.4 is 0 Å². The van der Waals surface area contributed by atoms with Crippen molar-refractivity contribution in [2.75, 3.05) is 6.61 Å². The summed E-state index contributed by atoms with van der Waals surface area (Å²) in [5.41, 5.74) is 2.58. The van der Waals surface area contributed by atoms with Crippen LogP contribution in [0.25, 0.3) is 0 Å². The first-order valence-corrected chi connectivity index (χ1v) is 2.28. The van der Waals surface area contributed by atoms with Crippen molar-refractivity contribution in [2.45, 2.75) is 6.92 Å². The smallest absolute Gasteiger partial charge is 0.0497 e. The largest absolute Gasteiger partial charge is 0.396 e. The van der Waals surface area contributed by atoms with Crippen LogP contribution in [0.15, 0.2) is 18.4 Å². The normalized spacial score (nSPS) is 12.3. The Labute approximate surface area is 44.0 Å². The van der Waals surface area contributed by atoms with Gasteiger partial charge in [0, 0.05) is 12.5 Å². The van der Waals surface area contributed by atoms with E-state index in [9.17, 15) is 0 Å². The van der Waals surface area contributed by atoms with Crippen molar-refractivity contribution < 1.29 is 5.11 Å². The zero-order chi connectivity index (χ0) is 5.70. The minimum atomic E-state index is 0.183. The fourth-order valence-electron chi connectivity index (χ4n) is 0.254. The van der Waals surface area contributed by atoms with E-state index in [0.29, 0.717) is 0 Å². The summed E-state index contributed by atoms with van der Waals surface area (Å²) >= 11 is 0. The second-order valence-corrected chi connectivity index (χ2v) is 1.53. The Bertz CT molecular complexity index is 80.2. The molecule has 0 saturated carbocycles. The minimum Gasteiger partial charge on any atom is -0.396 e. The van der Waals surface area contributed by atoms with Crippen molar-refractivity contribution in [2.24, 2.45) is 5.92 Å². The van der Waals surface area contributed by atoms with Crippen LogP contribution in [-0.2, 0) is 0 Å². The van der Waals surface area contributed by atoms with E-state index in [0.717, 1.165) is 0 Å². The van der Waals surface area contributed by atoms with E-state index in [1.165, 1.54) is 0 Å². The molecule has 0 aliphatic carbocycles. The van der Waals surface area contributed by atoms with Gasteiger partial charge >= 0.3 is 0 Å². The van der Waals surface area contributed by atoms with E-state index in [2.05, 4.69) is 12.3 Å². The predicted molar refractivity (Wildman–Crippen MR) is 30.0 cm³/mol. The van der Waals surface area contributed by atoms with Crippen LogP contribution in [0.3, 0.4) is 0 Å². The first-order valence-electron chi connectivity index (χ1n) is 2.28. The first kappa shape index (κ1) is 6.48. The third-order valence-corrected chi connectivity index (χ3v) is 0.690. The van der Waals surface area contributed by atoms with Gasteiger partial charge in [0.2, 0.25) is 0 Å². The fourth-order valence-corrected chi connectivity index (χ4v) is 0.254. The molecule has 0 amide bonds. The SMILES string of the molecule is C=C=C[C@H](C)CO. The van der Waals surface area contributed by atoms with Crippen LogP contribution in [0.1, 0.15) is 6.92 Å². The summed E-state index contributed by atoms with van der Waals surface area (Å²) in [5, 5.41) is 8.37. The summed E-state index contributed by atoms with van der Waals surface area (Å²) < 4.78 is 0. The van der Waals surface area contributed by atoms with Crippen LogP contribution in [0.2, 0.25) is 0 Å². The highest BCUT2D eigenvalue weighted by molar-refractivity contribution is 4.80. The Morgan fingerprint density at radius 3 is 2.71 bits per heavy atom. The lowest BCUT2D eigenvalue weighted by molar-refractivity contribution is 0.262. The van der Waals surface area contributed by atoms with Gasteiger partial charge in [-0.15, -0.1) is 5.73 Å². The monoisotopic (exact) mass is 98.1 g/mol. The van der Waals surface area contributed by atoms with Crippen LogP contribution in [0, 0.1) is 5.92 Å². The Morgan fingerprint density at radius 2 is 2.57 bits per heavy atom. The van der Waals surface area contributed by atoms with Crippen LogP contribution in [0.4, 0.5) is 0 Å². The number of hydrogen-bond acceptors (Lipinski definition) is 1. The predicted octanol–water partition coefficient (Wildman–Crippen LogP) is 0.956. The molecule has 1 nitrogen and oxygen atoms in total. The van der Waals surface area contributed by atoms with Gasteiger partial charge < -0.3 is 5.11 Å². The van der Waals surface area contributed by atoms with E-state index in [1.807, 2.05) is 6.92 Å². The number of aliphatic hydroxyl groups excluding tert-OH is 1. The molecule has 0 aliphatic heterocycles. The lowest BCUT2D eigenvalue weighted by atomic mass is 10.2. The van der Waals surface area contributed by atoms with Crippen LogP contribution in [0.5, 0.6) is 0 Å². The third-order valence-electron chi connectivity index (χ3n) is 0.690. The Kier molecular flexibility index (Phi) is 3.39. The molecule has 0 aromatic carbocycles. The van der Waals surface area contributed by atoms with Crippen molar-refractivity contribution in [3.63, 3.8) is 0 Å². The average Bonchev–Trinajstić information content (AvgIpc) is 1.68. The molecule has 0 rings (SSSR count). The Hall–Kier alpha value is -0.520. The van der Waals surface area contributed by atoms with Gasteiger partial charge in [0.25, 0.3) is 0 Å². The van der Waals surface area contributed by atoms with Crippen molar-refractivity contribution in [3.05, 3.63) is 18.4 Å². The summed E-state index contributed by atoms with van der Waals surface area (Å²) in [7, 11) is 0. The number of aliphatic hydroxyl groups is 1. The van der Waals surface area contributed by atoms with Crippen LogP contribution in [-0.4, -0.2) is 11.7 Å². The van der Waals surface area contributed by atoms with Crippen molar-refractivity contribution in [1.82, 2.24) is 0 Å². The fraction of sp³-hybridized carbons (Fsp3) is 0.500. The van der Waals surface area contributed by atoms with E-state index in [-0.39, 0.29) is 12.5 Å². The molecule has 40 valence electrons. The zero-order valence-corrected chi connectivity index (χ0v) is 4.52. The minimum absolute atomic E-state index is 0.183. The van der Waals surface area contributed by atoms with Gasteiger partial charge in [0.05, 0.1) is 0 Å². The maximum absolute atomic E-state index is 8.37. The second kappa shape index (κ2) is 3.66. The lowest BCUT2D eigenvalue weighted by Gasteiger charge is -1.93. The number of rotatable bonds is 2. The molecule has 0 saturated heterocycles. The lowest BCUT2D eigenvalue weighted by Crippen LogP contribution is -1.93. The van der Waals surface area contributed by atoms with E-state index >= 15 is 0 Å². The molecular formula is C6H10O. The van der Waals surface area contributed by atoms with E-state index in [4.69, 9.17) is 5.11 Å². The molecule has 0 aliphatic rings. The quantitative estimate of drug-likeness (QED) is 0.510. The molecule has 7 heavy (non-hydrogen) atoms. The maximum Gasteiger partial charge on any atom is 0.0497 e. The standard InChI is InChI=1S/C6H10O/c1-3-4-6(2)5-7/h4,6-7H,1,5H2,2H3/t6-/m0/s1. The highest BCUT2D eigenvalue weighted by Crippen LogP contribution is 1.90. The van der Waals surface area contributed by atoms with E-state index < -0.39 is 0 Å². The molecule has 1 atom stereocenters. The van der Waals surface area contributed by atoms with Gasteiger partial charge in [0.15, 0.2) is 0 Å². The van der Waals surface area contributed by atoms with Crippen molar-refractivity contribution >= 4 is 0 Å². The number of hydrogen-bond donors (Lipinski definition) is 1. The summed E-state index contributed by atoms with van der Waals surface area (Å²) in [6.07, 6.45) is 1.74. The van der Waals surface area contributed by atoms with E-state index in [1.54, 1.807) is 6.08 Å². The summed E-state index contributed by atoms with van der Waals surface area (Å²) in [4.78, 5) is 0. The second-order valence-electron chi connectivity index (χ2n) is 1.53. The highest BCUT2D eigenvalue weighted by Gasteiger charge is 1.87. The van der Waals surface area contributed by atoms with Gasteiger partial charge in [-0.1, -0.05) is 13.5 Å². The zero-order valence-electron chi connectivity index (χ0n) is 4.52. The van der Waals surface area contributed by atoms with Gasteiger partial charge in [0.1, 0.15) is 0 Å². The summed E-state index contributed by atoms with van der Waals surface area (Å²) in [5.74, 6) is 0.206. The van der Waals surface area contributed by atoms with Crippen molar-refractivity contribution in [1.29, 1.82) is 0 Å². The Balaban J connectivity index is 3.35. The molecule has 0 unspecified atom stereocenters. The molecule has 0 spiro atoms. The van der Waals surface area contributed by atoms with Crippen LogP contribution >= 0.6 is 0 Å². The first-order chi connectivity index (χ1) is 3.31. The topological polar surface area (TPSA) is 20.2 Å². The highest BCUT2D eigenvalue weighted by atomic mass is 16.3. The molecule has 1 heteroatoms. The molecule has 0 bridgehead atoms. The van der Waals surface area contributed by atoms with Crippen molar-refractivity contribution in [3.8, 4) is 0 Å². The van der Waals surface area contributed by atoms with Gasteiger partial charge in [-0.2, -0.15) is 0 Å². The molecule has 0 aromatic rings. The molecule has 1 N–H and O–H groups in total. The molecule has 0 fully saturated rings. The maximum atomic E-state index is 8.37. The van der Waals surface area contributed by atoms with Gasteiger partial charge in [-0.05, 0) is 6.08 Å². The van der Waals surface area contributed by atoms with Gasteiger partial charge in [-0.3, -0.25) is 0 Å². The van der Waals surface area contributed by atoms with Gasteiger partial charge in [-0.25, -0.2) is 0 Å². The molecule has 0 radical (unpaired) electrons.